The fourth-order valence-electron chi connectivity index (χ4n) is 2.36. The molecule has 110 valence electrons. The van der Waals surface area contributed by atoms with Crippen LogP contribution in [-0.2, 0) is 27.6 Å². The van der Waals surface area contributed by atoms with Crippen LogP contribution in [0.15, 0.2) is 9.59 Å². The first-order valence-electron chi connectivity index (χ1n) is 6.71. The molecule has 0 unspecified atom stereocenters. The molecule has 0 aliphatic heterocycles. The Kier molecular flexibility index (Phi) is 4.08. The summed E-state index contributed by atoms with van der Waals surface area (Å²) >= 11 is 0. The number of rotatable bonds is 5. The second-order valence-electron chi connectivity index (χ2n) is 5.00. The van der Waals surface area contributed by atoms with Gasteiger partial charge in [0.1, 0.15) is 5.82 Å². The lowest BCUT2D eigenvalue weighted by molar-refractivity contribution is 0.283. The first kappa shape index (κ1) is 14.5. The van der Waals surface area contributed by atoms with Crippen molar-refractivity contribution in [2.45, 2.75) is 25.7 Å². The highest BCUT2D eigenvalue weighted by Gasteiger charge is 2.16. The Hall–Kier alpha value is -1.89. The molecule has 0 fully saturated rings. The Morgan fingerprint density at radius 2 is 1.70 bits per heavy atom. The number of unbranched alkanes of at least 4 members (excludes halogenated alkanes) is 2. The fraction of sp³-hybridized carbons (Fsp3) is 0.615. The number of aliphatic hydroxyl groups is 1. The lowest BCUT2D eigenvalue weighted by Gasteiger charge is -2.03. The predicted molar refractivity (Wildman–Crippen MR) is 75.8 cm³/mol. The molecule has 0 spiro atoms. The van der Waals surface area contributed by atoms with Crippen LogP contribution < -0.4 is 11.2 Å². The van der Waals surface area contributed by atoms with E-state index in [0.717, 1.165) is 36.1 Å². The lowest BCUT2D eigenvalue weighted by atomic mass is 10.2. The van der Waals surface area contributed by atoms with Gasteiger partial charge in [0, 0.05) is 34.2 Å². The van der Waals surface area contributed by atoms with Crippen LogP contribution in [0.4, 0.5) is 0 Å². The number of aromatic nitrogens is 4. The summed E-state index contributed by atoms with van der Waals surface area (Å²) in [5.74, 6) is 0.788. The molecule has 0 aromatic carbocycles. The molecule has 7 nitrogen and oxygen atoms in total. The number of aryl methyl sites for hydroxylation is 3. The maximum atomic E-state index is 12.2. The molecule has 0 atom stereocenters. The van der Waals surface area contributed by atoms with Gasteiger partial charge in [-0.2, -0.15) is 0 Å². The summed E-state index contributed by atoms with van der Waals surface area (Å²) in [6, 6.07) is 0. The Bertz CT molecular complexity index is 739. The van der Waals surface area contributed by atoms with Crippen molar-refractivity contribution in [1.29, 1.82) is 0 Å². The summed E-state index contributed by atoms with van der Waals surface area (Å²) in [6.07, 6.45) is 3.30. The van der Waals surface area contributed by atoms with Gasteiger partial charge in [0.25, 0.3) is 5.56 Å². The number of imidazole rings is 1. The van der Waals surface area contributed by atoms with E-state index in [1.54, 1.807) is 18.7 Å². The predicted octanol–water partition coefficient (Wildman–Crippen LogP) is -0.324. The minimum atomic E-state index is -0.368. The van der Waals surface area contributed by atoms with E-state index in [-0.39, 0.29) is 17.9 Å². The average molecular weight is 280 g/mol. The summed E-state index contributed by atoms with van der Waals surface area (Å²) in [6.45, 7) is 0.192. The van der Waals surface area contributed by atoms with Crippen LogP contribution >= 0.6 is 0 Å². The minimum Gasteiger partial charge on any atom is -0.396 e. The van der Waals surface area contributed by atoms with Gasteiger partial charge in [-0.25, -0.2) is 9.78 Å². The van der Waals surface area contributed by atoms with E-state index < -0.39 is 0 Å². The molecule has 0 saturated carbocycles. The maximum Gasteiger partial charge on any atom is 0.332 e. The minimum absolute atomic E-state index is 0.192. The molecular weight excluding hydrogens is 260 g/mol. The maximum absolute atomic E-state index is 12.2. The zero-order valence-corrected chi connectivity index (χ0v) is 12.1. The largest absolute Gasteiger partial charge is 0.396 e. The van der Waals surface area contributed by atoms with Gasteiger partial charge in [-0.3, -0.25) is 13.9 Å². The molecule has 20 heavy (non-hydrogen) atoms. The van der Waals surface area contributed by atoms with Gasteiger partial charge >= 0.3 is 5.69 Å². The van der Waals surface area contributed by atoms with E-state index in [0.29, 0.717) is 11.2 Å². The number of aliphatic hydroxyl groups excluding tert-OH is 1. The van der Waals surface area contributed by atoms with Gasteiger partial charge in [-0.15, -0.1) is 0 Å². The Labute approximate surface area is 116 Å². The van der Waals surface area contributed by atoms with Crippen LogP contribution in [-0.4, -0.2) is 30.4 Å². The monoisotopic (exact) mass is 280 g/mol. The molecule has 0 aliphatic rings. The van der Waals surface area contributed by atoms with Crippen molar-refractivity contribution in [1.82, 2.24) is 18.7 Å². The molecule has 2 heterocycles. The zero-order valence-electron chi connectivity index (χ0n) is 12.1. The van der Waals surface area contributed by atoms with E-state index in [4.69, 9.17) is 5.11 Å². The van der Waals surface area contributed by atoms with Gasteiger partial charge in [0.2, 0.25) is 0 Å². The first-order chi connectivity index (χ1) is 9.49. The topological polar surface area (TPSA) is 82.1 Å². The third-order valence-electron chi connectivity index (χ3n) is 3.63. The van der Waals surface area contributed by atoms with Crippen molar-refractivity contribution in [3.05, 3.63) is 26.7 Å². The molecule has 2 aromatic rings. The summed E-state index contributed by atoms with van der Waals surface area (Å²) in [5, 5.41) is 8.76. The van der Waals surface area contributed by atoms with E-state index in [9.17, 15) is 9.59 Å². The molecule has 2 rings (SSSR count). The molecule has 0 amide bonds. The summed E-state index contributed by atoms with van der Waals surface area (Å²) in [4.78, 5) is 28.5. The van der Waals surface area contributed by atoms with Crippen molar-refractivity contribution in [3.8, 4) is 0 Å². The van der Waals surface area contributed by atoms with Crippen molar-refractivity contribution in [2.75, 3.05) is 6.61 Å². The van der Waals surface area contributed by atoms with E-state index in [1.807, 2.05) is 0 Å². The third-order valence-corrected chi connectivity index (χ3v) is 3.63. The van der Waals surface area contributed by atoms with Gasteiger partial charge in [0.05, 0.1) is 0 Å². The summed E-state index contributed by atoms with van der Waals surface area (Å²) in [5.41, 5.74) is 0.191. The molecule has 7 heteroatoms. The van der Waals surface area contributed by atoms with E-state index in [1.165, 1.54) is 11.6 Å². The number of hydrogen-bond donors (Lipinski definition) is 1. The smallest absolute Gasteiger partial charge is 0.332 e. The zero-order chi connectivity index (χ0) is 14.9. The van der Waals surface area contributed by atoms with Gasteiger partial charge < -0.3 is 9.67 Å². The molecule has 2 aromatic heterocycles. The summed E-state index contributed by atoms with van der Waals surface area (Å²) in [7, 11) is 4.88. The molecule has 0 bridgehead atoms. The first-order valence-corrected chi connectivity index (χ1v) is 6.71. The summed E-state index contributed by atoms with van der Waals surface area (Å²) < 4.78 is 4.25. The normalized spacial score (nSPS) is 11.4. The Balaban J connectivity index is 2.48. The number of nitrogens with zero attached hydrogens (tertiary/aromatic N) is 4. The lowest BCUT2D eigenvalue weighted by Crippen LogP contribution is -2.37. The highest BCUT2D eigenvalue weighted by atomic mass is 16.3. The Morgan fingerprint density at radius 1 is 1.00 bits per heavy atom. The van der Waals surface area contributed by atoms with Crippen LogP contribution in [0.3, 0.4) is 0 Å². The number of fused-ring (bicyclic) bond motifs is 1. The van der Waals surface area contributed by atoms with Gasteiger partial charge in [-0.1, -0.05) is 6.42 Å². The van der Waals surface area contributed by atoms with Crippen LogP contribution in [0.25, 0.3) is 11.2 Å². The van der Waals surface area contributed by atoms with Crippen LogP contribution in [0, 0.1) is 0 Å². The standard InChI is InChI=1S/C13H20N4O3/c1-15-9(7-5-4-6-8-18)14-11-10(15)12(19)17(3)13(20)16(11)2/h18H,4-8H2,1-3H3. The average Bonchev–Trinajstić information content (AvgIpc) is 2.76. The SMILES string of the molecule is Cn1c(=O)c2c(nc(CCCCCO)n2C)n(C)c1=O. The molecule has 0 aliphatic carbocycles. The Morgan fingerprint density at radius 3 is 2.35 bits per heavy atom. The fourth-order valence-corrected chi connectivity index (χ4v) is 2.36. The van der Waals surface area contributed by atoms with E-state index in [2.05, 4.69) is 4.98 Å². The van der Waals surface area contributed by atoms with Crippen molar-refractivity contribution >= 4 is 11.2 Å². The van der Waals surface area contributed by atoms with Crippen molar-refractivity contribution < 1.29 is 5.11 Å². The van der Waals surface area contributed by atoms with Crippen molar-refractivity contribution in [3.63, 3.8) is 0 Å². The highest BCUT2D eigenvalue weighted by molar-refractivity contribution is 5.70. The van der Waals surface area contributed by atoms with Crippen LogP contribution in [0.1, 0.15) is 25.1 Å². The third kappa shape index (κ3) is 2.29. The second kappa shape index (κ2) is 5.62. The van der Waals surface area contributed by atoms with Crippen LogP contribution in [0.5, 0.6) is 0 Å². The van der Waals surface area contributed by atoms with Gasteiger partial charge in [0.15, 0.2) is 11.2 Å². The quantitative estimate of drug-likeness (QED) is 0.761. The molecule has 0 saturated heterocycles. The molecule has 0 radical (unpaired) electrons. The number of hydrogen-bond acceptors (Lipinski definition) is 4. The molecular formula is C13H20N4O3. The van der Waals surface area contributed by atoms with Crippen molar-refractivity contribution in [2.24, 2.45) is 21.1 Å². The van der Waals surface area contributed by atoms with E-state index >= 15 is 0 Å². The van der Waals surface area contributed by atoms with Gasteiger partial charge in [-0.05, 0) is 12.8 Å². The van der Waals surface area contributed by atoms with Crippen LogP contribution in [0.2, 0.25) is 0 Å². The second-order valence-corrected chi connectivity index (χ2v) is 5.00. The highest BCUT2D eigenvalue weighted by Crippen LogP contribution is 2.11. The molecule has 1 N–H and O–H groups in total.